The van der Waals surface area contributed by atoms with Crippen LogP contribution in [0.4, 0.5) is 0 Å². The summed E-state index contributed by atoms with van der Waals surface area (Å²) >= 11 is 1.64. The lowest BCUT2D eigenvalue weighted by molar-refractivity contribution is -0.135. The lowest BCUT2D eigenvalue weighted by Crippen LogP contribution is -2.42. The predicted molar refractivity (Wildman–Crippen MR) is 184 cm³/mol. The van der Waals surface area contributed by atoms with E-state index >= 15 is 0 Å². The molecule has 1 saturated heterocycles. The first-order valence-electron chi connectivity index (χ1n) is 16.0. The number of allylic oxidation sites excluding steroid dienone is 2. The number of aromatic amines is 1. The summed E-state index contributed by atoms with van der Waals surface area (Å²) in [4.78, 5) is 41.6. The van der Waals surface area contributed by atoms with Crippen molar-refractivity contribution >= 4 is 39.4 Å². The fourth-order valence-electron chi connectivity index (χ4n) is 6.60. The molecule has 240 valence electrons. The van der Waals surface area contributed by atoms with Gasteiger partial charge in [-0.15, -0.1) is 0 Å². The molecule has 0 radical (unpaired) electrons. The van der Waals surface area contributed by atoms with Gasteiger partial charge in [0, 0.05) is 23.4 Å². The third-order valence-corrected chi connectivity index (χ3v) is 9.98. The zero-order valence-corrected chi connectivity index (χ0v) is 27.6. The number of hydrogen-bond donors (Lipinski definition) is 2. The third kappa shape index (κ3) is 6.69. The Balaban J connectivity index is 1.50. The van der Waals surface area contributed by atoms with Gasteiger partial charge in [0.1, 0.15) is 6.54 Å². The van der Waals surface area contributed by atoms with Gasteiger partial charge in [0.05, 0.1) is 47.7 Å². The molecule has 1 saturated carbocycles. The number of amides is 1. The summed E-state index contributed by atoms with van der Waals surface area (Å²) in [5, 5.41) is 10.6. The lowest BCUT2D eigenvalue weighted by atomic mass is 9.83. The Morgan fingerprint density at radius 3 is 2.50 bits per heavy atom. The zero-order chi connectivity index (χ0) is 32.4. The van der Waals surface area contributed by atoms with Crippen molar-refractivity contribution in [1.82, 2.24) is 24.4 Å². The van der Waals surface area contributed by atoms with Gasteiger partial charge < -0.3 is 24.3 Å². The van der Waals surface area contributed by atoms with Gasteiger partial charge in [-0.2, -0.15) is 0 Å². The summed E-state index contributed by atoms with van der Waals surface area (Å²) in [6, 6.07) is 12.7. The standard InChI is InChI=1S/C36H41N5O4S/c1-22(2)34(46-23(3)4)29-13-10-25-18-26(11-12-28(25)38-29)33-27(24-8-6-5-7-9-24)19-31(30-20-37-35(39-30)36(43)44)41(33)21-32(42)40-14-16-45-17-15-40/h10-13,18-20,24H,3,5-9,14-17,21H2,1-2,4H3,(H,37,39)(H,43,44). The highest BCUT2D eigenvalue weighted by Gasteiger charge is 2.29. The number of carboxylic acids is 1. The molecule has 1 aliphatic heterocycles. The van der Waals surface area contributed by atoms with Gasteiger partial charge in [0.15, 0.2) is 0 Å². The number of morpholine rings is 1. The number of rotatable bonds is 9. The number of thioether (sulfide) groups is 1. The molecule has 1 amide bonds. The van der Waals surface area contributed by atoms with Crippen molar-refractivity contribution < 1.29 is 19.4 Å². The van der Waals surface area contributed by atoms with Crippen LogP contribution < -0.4 is 0 Å². The largest absolute Gasteiger partial charge is 0.475 e. The quantitative estimate of drug-likeness (QED) is 0.193. The van der Waals surface area contributed by atoms with E-state index in [2.05, 4.69) is 71.4 Å². The number of nitrogens with zero attached hydrogens (tertiary/aromatic N) is 4. The number of fused-ring (bicyclic) bond motifs is 1. The van der Waals surface area contributed by atoms with Gasteiger partial charge in [0.25, 0.3) is 0 Å². The smallest absolute Gasteiger partial charge is 0.371 e. The van der Waals surface area contributed by atoms with Crippen molar-refractivity contribution in [2.75, 3.05) is 26.3 Å². The number of carbonyl (C=O) groups excluding carboxylic acids is 1. The maximum atomic E-state index is 13.8. The fraction of sp³-hybridized carbons (Fsp3) is 0.389. The van der Waals surface area contributed by atoms with E-state index in [1.807, 2.05) is 11.8 Å². The van der Waals surface area contributed by atoms with Crippen molar-refractivity contribution in [2.24, 2.45) is 0 Å². The number of imidazole rings is 1. The van der Waals surface area contributed by atoms with Crippen LogP contribution in [0.2, 0.25) is 0 Å². The zero-order valence-electron chi connectivity index (χ0n) is 26.8. The van der Waals surface area contributed by atoms with Gasteiger partial charge in [-0.05, 0) is 79.8 Å². The summed E-state index contributed by atoms with van der Waals surface area (Å²) in [6.45, 7) is 12.5. The van der Waals surface area contributed by atoms with Crippen LogP contribution in [-0.4, -0.2) is 67.7 Å². The first-order chi connectivity index (χ1) is 22.2. The van der Waals surface area contributed by atoms with Crippen molar-refractivity contribution in [2.45, 2.75) is 65.3 Å². The van der Waals surface area contributed by atoms with Crippen LogP contribution in [0.15, 0.2) is 59.7 Å². The molecule has 10 heteroatoms. The Labute approximate surface area is 273 Å². The topological polar surface area (TPSA) is 113 Å². The Bertz CT molecular complexity index is 1820. The SMILES string of the molecule is C=C(C)SC(=C(C)C)c1ccc2cc(-c3c(C4CCCCC4)cc(-c4cnc(C(=O)O)[nH]4)n3CC(=O)N3CCOCC3)ccc2n1. The number of hydrogen-bond acceptors (Lipinski definition) is 6. The molecule has 0 bridgehead atoms. The molecular formula is C36H41N5O4S. The molecular weight excluding hydrogens is 598 g/mol. The summed E-state index contributed by atoms with van der Waals surface area (Å²) < 4.78 is 7.57. The molecule has 6 rings (SSSR count). The number of nitrogens with one attached hydrogen (secondary N) is 1. The molecule has 46 heavy (non-hydrogen) atoms. The lowest BCUT2D eigenvalue weighted by Gasteiger charge is -2.28. The van der Waals surface area contributed by atoms with Crippen molar-refractivity contribution in [1.29, 1.82) is 0 Å². The number of ether oxygens (including phenoxy) is 1. The first kappa shape index (κ1) is 31.8. The molecule has 2 aliphatic rings. The molecule has 9 nitrogen and oxygen atoms in total. The van der Waals surface area contributed by atoms with E-state index < -0.39 is 5.97 Å². The number of aromatic nitrogens is 4. The van der Waals surface area contributed by atoms with E-state index in [1.165, 1.54) is 17.6 Å². The van der Waals surface area contributed by atoms with Crippen molar-refractivity contribution in [3.63, 3.8) is 0 Å². The highest BCUT2D eigenvalue weighted by atomic mass is 32.2. The number of benzene rings is 1. The minimum atomic E-state index is -1.12. The van der Waals surface area contributed by atoms with Crippen LogP contribution in [0.25, 0.3) is 38.5 Å². The Morgan fingerprint density at radius 2 is 1.83 bits per heavy atom. The highest BCUT2D eigenvalue weighted by molar-refractivity contribution is 8.11. The molecule has 3 aromatic heterocycles. The summed E-state index contributed by atoms with van der Waals surface area (Å²) in [5.41, 5.74) is 7.51. The van der Waals surface area contributed by atoms with E-state index in [4.69, 9.17) is 9.72 Å². The second-order valence-electron chi connectivity index (χ2n) is 12.4. The van der Waals surface area contributed by atoms with E-state index in [9.17, 15) is 14.7 Å². The van der Waals surface area contributed by atoms with Gasteiger partial charge in [-0.3, -0.25) is 4.79 Å². The molecule has 0 spiro atoms. The van der Waals surface area contributed by atoms with Crippen LogP contribution in [0.1, 0.15) is 80.7 Å². The summed E-state index contributed by atoms with van der Waals surface area (Å²) in [6.07, 6.45) is 7.23. The molecule has 2 N–H and O–H groups in total. The summed E-state index contributed by atoms with van der Waals surface area (Å²) in [7, 11) is 0. The third-order valence-electron chi connectivity index (χ3n) is 8.81. The fourth-order valence-corrected chi connectivity index (χ4v) is 7.37. The Kier molecular flexibility index (Phi) is 9.47. The van der Waals surface area contributed by atoms with Crippen LogP contribution >= 0.6 is 11.8 Å². The molecule has 0 atom stereocenters. The van der Waals surface area contributed by atoms with Gasteiger partial charge in [-0.1, -0.05) is 55.3 Å². The number of aromatic carboxylic acids is 1. The highest BCUT2D eigenvalue weighted by Crippen LogP contribution is 2.43. The molecule has 0 unspecified atom stereocenters. The minimum absolute atomic E-state index is 0.00549. The predicted octanol–water partition coefficient (Wildman–Crippen LogP) is 7.72. The van der Waals surface area contributed by atoms with Gasteiger partial charge in [0.2, 0.25) is 11.7 Å². The molecule has 4 aromatic rings. The minimum Gasteiger partial charge on any atom is -0.475 e. The molecule has 1 aliphatic carbocycles. The second kappa shape index (κ2) is 13.7. The van der Waals surface area contributed by atoms with Gasteiger partial charge >= 0.3 is 5.97 Å². The maximum absolute atomic E-state index is 13.8. The van der Waals surface area contributed by atoms with Crippen LogP contribution in [0.3, 0.4) is 0 Å². The monoisotopic (exact) mass is 639 g/mol. The Morgan fingerprint density at radius 1 is 1.07 bits per heavy atom. The van der Waals surface area contributed by atoms with E-state index in [1.54, 1.807) is 18.0 Å². The number of carboxylic acid groups (broad SMARTS) is 1. The summed E-state index contributed by atoms with van der Waals surface area (Å²) in [5.74, 6) is -0.914. The van der Waals surface area contributed by atoms with Gasteiger partial charge in [-0.25, -0.2) is 14.8 Å². The first-order valence-corrected chi connectivity index (χ1v) is 16.8. The van der Waals surface area contributed by atoms with E-state index in [0.29, 0.717) is 37.9 Å². The Hall–Kier alpha value is -4.15. The van der Waals surface area contributed by atoms with E-state index in [-0.39, 0.29) is 18.3 Å². The molecule has 2 fully saturated rings. The van der Waals surface area contributed by atoms with Crippen LogP contribution in [0.5, 0.6) is 0 Å². The molecule has 4 heterocycles. The second-order valence-corrected chi connectivity index (χ2v) is 13.7. The average Bonchev–Trinajstić information content (AvgIpc) is 3.69. The van der Waals surface area contributed by atoms with Crippen LogP contribution in [-0.2, 0) is 16.1 Å². The molecule has 1 aromatic carbocycles. The van der Waals surface area contributed by atoms with Crippen LogP contribution in [0, 0.1) is 0 Å². The van der Waals surface area contributed by atoms with Crippen molar-refractivity contribution in [3.8, 4) is 22.6 Å². The van der Waals surface area contributed by atoms with E-state index in [0.717, 1.165) is 69.0 Å². The number of pyridine rings is 1. The normalized spacial score (nSPS) is 15.7. The number of carbonyl (C=O) groups is 2. The average molecular weight is 640 g/mol. The van der Waals surface area contributed by atoms with Crippen molar-refractivity contribution in [3.05, 3.63) is 76.7 Å². The number of H-pyrrole nitrogens is 1. The maximum Gasteiger partial charge on any atom is 0.371 e.